The van der Waals surface area contributed by atoms with Gasteiger partial charge >= 0.3 is 0 Å². The first kappa shape index (κ1) is 14.4. The second-order valence-electron chi connectivity index (χ2n) is 5.29. The van der Waals surface area contributed by atoms with Gasteiger partial charge in [-0.05, 0) is 38.8 Å². The molecule has 114 valence electrons. The zero-order chi connectivity index (χ0) is 15.7. The lowest BCUT2D eigenvalue weighted by atomic mass is 10.1. The summed E-state index contributed by atoms with van der Waals surface area (Å²) in [7, 11) is 0. The van der Waals surface area contributed by atoms with Crippen molar-refractivity contribution in [2.45, 2.75) is 40.2 Å². The zero-order valence-electron chi connectivity index (χ0n) is 13.1. The quantitative estimate of drug-likeness (QED) is 0.792. The van der Waals surface area contributed by atoms with Crippen LogP contribution in [0.1, 0.15) is 42.4 Å². The Kier molecular flexibility index (Phi) is 3.70. The maximum Gasteiger partial charge on any atom is 0.249 e. The van der Waals surface area contributed by atoms with Gasteiger partial charge in [-0.15, -0.1) is 0 Å². The van der Waals surface area contributed by atoms with Crippen LogP contribution in [0.5, 0.6) is 0 Å². The SMILES string of the molecule is CC[C@@H](Nc1ncnc2nc(C)cc(C)c12)c1nc(C)no1. The number of aryl methyl sites for hydroxylation is 3. The normalized spacial score (nSPS) is 12.5. The summed E-state index contributed by atoms with van der Waals surface area (Å²) in [5.41, 5.74) is 2.71. The van der Waals surface area contributed by atoms with E-state index in [9.17, 15) is 0 Å². The van der Waals surface area contributed by atoms with Crippen LogP contribution in [0, 0.1) is 20.8 Å². The molecule has 0 aliphatic carbocycles. The summed E-state index contributed by atoms with van der Waals surface area (Å²) < 4.78 is 5.27. The molecule has 7 heteroatoms. The summed E-state index contributed by atoms with van der Waals surface area (Å²) in [5, 5.41) is 8.14. The fraction of sp³-hybridized carbons (Fsp3) is 0.400. The van der Waals surface area contributed by atoms with Crippen LogP contribution in [-0.2, 0) is 0 Å². The van der Waals surface area contributed by atoms with Crippen LogP contribution in [0.25, 0.3) is 11.0 Å². The van der Waals surface area contributed by atoms with E-state index in [0.29, 0.717) is 17.4 Å². The fourth-order valence-electron chi connectivity index (χ4n) is 2.48. The van der Waals surface area contributed by atoms with Crippen molar-refractivity contribution in [3.63, 3.8) is 0 Å². The standard InChI is InChI=1S/C15H18N6O/c1-5-11(15-19-10(4)21-22-15)20-14-12-8(2)6-9(3)18-13(12)16-7-17-14/h6-7,11H,5H2,1-4H3,(H,16,17,18,20)/t11-/m1/s1. The Balaban J connectivity index is 2.03. The van der Waals surface area contributed by atoms with Crippen LogP contribution in [0.15, 0.2) is 16.9 Å². The van der Waals surface area contributed by atoms with Crippen LogP contribution in [0.2, 0.25) is 0 Å². The molecular formula is C15H18N6O. The Morgan fingerprint density at radius 3 is 2.68 bits per heavy atom. The molecule has 22 heavy (non-hydrogen) atoms. The number of pyridine rings is 1. The summed E-state index contributed by atoms with van der Waals surface area (Å²) in [6, 6.07) is 1.93. The highest BCUT2D eigenvalue weighted by Crippen LogP contribution is 2.27. The molecule has 0 unspecified atom stereocenters. The Hall–Kier alpha value is -2.57. The predicted molar refractivity (Wildman–Crippen MR) is 82.5 cm³/mol. The fourth-order valence-corrected chi connectivity index (χ4v) is 2.48. The van der Waals surface area contributed by atoms with Gasteiger partial charge in [0.1, 0.15) is 18.2 Å². The van der Waals surface area contributed by atoms with Crippen molar-refractivity contribution in [1.29, 1.82) is 0 Å². The predicted octanol–water partition coefficient (Wildman–Crippen LogP) is 2.90. The maximum absolute atomic E-state index is 5.27. The van der Waals surface area contributed by atoms with Gasteiger partial charge in [-0.25, -0.2) is 15.0 Å². The number of aromatic nitrogens is 5. The molecule has 3 rings (SSSR count). The number of hydrogen-bond acceptors (Lipinski definition) is 7. The molecule has 1 N–H and O–H groups in total. The van der Waals surface area contributed by atoms with Gasteiger partial charge in [0.2, 0.25) is 5.89 Å². The molecule has 0 aliphatic rings. The molecule has 0 bridgehead atoms. The Bertz CT molecular complexity index is 813. The highest BCUT2D eigenvalue weighted by atomic mass is 16.5. The van der Waals surface area contributed by atoms with Crippen LogP contribution < -0.4 is 5.32 Å². The van der Waals surface area contributed by atoms with Gasteiger partial charge in [0.15, 0.2) is 11.5 Å². The van der Waals surface area contributed by atoms with Gasteiger partial charge in [-0.2, -0.15) is 4.98 Å². The highest BCUT2D eigenvalue weighted by molar-refractivity contribution is 5.89. The average Bonchev–Trinajstić information content (AvgIpc) is 2.90. The smallest absolute Gasteiger partial charge is 0.249 e. The van der Waals surface area contributed by atoms with E-state index in [4.69, 9.17) is 4.52 Å². The van der Waals surface area contributed by atoms with Crippen LogP contribution >= 0.6 is 0 Å². The molecular weight excluding hydrogens is 280 g/mol. The first-order valence-electron chi connectivity index (χ1n) is 7.24. The Labute approximate surface area is 128 Å². The van der Waals surface area contributed by atoms with Crippen molar-refractivity contribution in [2.24, 2.45) is 0 Å². The highest BCUT2D eigenvalue weighted by Gasteiger charge is 2.19. The number of anilines is 1. The van der Waals surface area contributed by atoms with E-state index in [-0.39, 0.29) is 6.04 Å². The van der Waals surface area contributed by atoms with E-state index >= 15 is 0 Å². The van der Waals surface area contributed by atoms with Gasteiger partial charge in [0.25, 0.3) is 0 Å². The minimum absolute atomic E-state index is 0.0972. The lowest BCUT2D eigenvalue weighted by Gasteiger charge is -2.15. The molecule has 0 amide bonds. The number of fused-ring (bicyclic) bond motifs is 1. The molecule has 3 aromatic heterocycles. The van der Waals surface area contributed by atoms with Crippen molar-refractivity contribution < 1.29 is 4.52 Å². The molecule has 3 heterocycles. The second-order valence-corrected chi connectivity index (χ2v) is 5.29. The zero-order valence-corrected chi connectivity index (χ0v) is 13.1. The van der Waals surface area contributed by atoms with Gasteiger partial charge < -0.3 is 9.84 Å². The summed E-state index contributed by atoms with van der Waals surface area (Å²) in [6.07, 6.45) is 2.31. The second kappa shape index (κ2) is 5.67. The largest absolute Gasteiger partial charge is 0.358 e. The van der Waals surface area contributed by atoms with E-state index in [1.807, 2.05) is 19.9 Å². The molecule has 0 fully saturated rings. The van der Waals surface area contributed by atoms with E-state index in [0.717, 1.165) is 28.9 Å². The van der Waals surface area contributed by atoms with Gasteiger partial charge in [0, 0.05) is 5.69 Å². The summed E-state index contributed by atoms with van der Waals surface area (Å²) >= 11 is 0. The van der Waals surface area contributed by atoms with Gasteiger partial charge in [-0.1, -0.05) is 12.1 Å². The Morgan fingerprint density at radius 1 is 1.18 bits per heavy atom. The average molecular weight is 298 g/mol. The van der Waals surface area contributed by atoms with Crippen LogP contribution in [0.3, 0.4) is 0 Å². The van der Waals surface area contributed by atoms with Gasteiger partial charge in [-0.3, -0.25) is 0 Å². The molecule has 0 saturated carbocycles. The molecule has 0 aliphatic heterocycles. The first-order valence-corrected chi connectivity index (χ1v) is 7.24. The number of nitrogens with one attached hydrogen (secondary N) is 1. The number of hydrogen-bond donors (Lipinski definition) is 1. The number of nitrogens with zero attached hydrogens (tertiary/aromatic N) is 5. The van der Waals surface area contributed by atoms with E-state index in [1.54, 1.807) is 6.92 Å². The minimum Gasteiger partial charge on any atom is -0.358 e. The molecule has 0 saturated heterocycles. The summed E-state index contributed by atoms with van der Waals surface area (Å²) in [5.74, 6) is 1.92. The monoisotopic (exact) mass is 298 g/mol. The molecule has 0 spiro atoms. The Morgan fingerprint density at radius 2 is 2.00 bits per heavy atom. The van der Waals surface area contributed by atoms with E-state index in [2.05, 4.69) is 37.3 Å². The van der Waals surface area contributed by atoms with Crippen molar-refractivity contribution in [3.8, 4) is 0 Å². The molecule has 1 atom stereocenters. The maximum atomic E-state index is 5.27. The van der Waals surface area contributed by atoms with Gasteiger partial charge in [0.05, 0.1) is 5.39 Å². The molecule has 3 aromatic rings. The van der Waals surface area contributed by atoms with Crippen LogP contribution in [-0.4, -0.2) is 25.1 Å². The first-order chi connectivity index (χ1) is 10.6. The lowest BCUT2D eigenvalue weighted by molar-refractivity contribution is 0.356. The van der Waals surface area contributed by atoms with E-state index < -0.39 is 0 Å². The van der Waals surface area contributed by atoms with E-state index in [1.165, 1.54) is 6.33 Å². The van der Waals surface area contributed by atoms with Crippen LogP contribution in [0.4, 0.5) is 5.82 Å². The summed E-state index contributed by atoms with van der Waals surface area (Å²) in [4.78, 5) is 17.4. The molecule has 7 nitrogen and oxygen atoms in total. The lowest BCUT2D eigenvalue weighted by Crippen LogP contribution is -2.12. The summed E-state index contributed by atoms with van der Waals surface area (Å²) in [6.45, 7) is 7.84. The number of rotatable bonds is 4. The topological polar surface area (TPSA) is 89.6 Å². The third kappa shape index (κ3) is 2.61. The van der Waals surface area contributed by atoms with Crippen molar-refractivity contribution >= 4 is 16.9 Å². The minimum atomic E-state index is -0.0972. The van der Waals surface area contributed by atoms with Crippen molar-refractivity contribution in [2.75, 3.05) is 5.32 Å². The van der Waals surface area contributed by atoms with Crippen molar-refractivity contribution in [3.05, 3.63) is 35.4 Å². The third-order valence-corrected chi connectivity index (χ3v) is 3.49. The molecule has 0 aromatic carbocycles. The third-order valence-electron chi connectivity index (χ3n) is 3.49. The molecule has 0 radical (unpaired) electrons. The van der Waals surface area contributed by atoms with Crippen molar-refractivity contribution in [1.82, 2.24) is 25.1 Å².